The third kappa shape index (κ3) is 3.52. The minimum atomic E-state index is -0.960. The Bertz CT molecular complexity index is 652. The summed E-state index contributed by atoms with van der Waals surface area (Å²) in [6.07, 6.45) is 3.12. The first kappa shape index (κ1) is 15.8. The van der Waals surface area contributed by atoms with Crippen molar-refractivity contribution in [3.8, 4) is 0 Å². The fourth-order valence-electron chi connectivity index (χ4n) is 2.18. The molecule has 2 rings (SSSR count). The number of benzene rings is 1. The molecule has 0 spiro atoms. The molecule has 0 radical (unpaired) electrons. The van der Waals surface area contributed by atoms with Crippen molar-refractivity contribution in [1.29, 1.82) is 0 Å². The molecule has 0 aliphatic rings. The lowest BCUT2D eigenvalue weighted by molar-refractivity contribution is -0.142. The highest BCUT2D eigenvalue weighted by Crippen LogP contribution is 2.22. The maximum Gasteiger partial charge on any atom is 0.308 e. The summed E-state index contributed by atoms with van der Waals surface area (Å²) in [5, 5.41) is 16.1. The Kier molecular flexibility index (Phi) is 4.93. The maximum atomic E-state index is 12.3. The van der Waals surface area contributed by atoms with E-state index in [2.05, 4.69) is 10.4 Å². The van der Waals surface area contributed by atoms with Gasteiger partial charge in [0.1, 0.15) is 0 Å². The molecule has 1 aromatic heterocycles. The first-order valence-electron chi connectivity index (χ1n) is 7.14. The third-order valence-electron chi connectivity index (χ3n) is 3.55. The largest absolute Gasteiger partial charge is 0.481 e. The number of aromatic nitrogens is 2. The molecular weight excluding hydrogens is 282 g/mol. The number of amides is 1. The van der Waals surface area contributed by atoms with Crippen molar-refractivity contribution < 1.29 is 14.7 Å². The van der Waals surface area contributed by atoms with Crippen molar-refractivity contribution in [3.05, 3.63) is 53.9 Å². The summed E-state index contributed by atoms with van der Waals surface area (Å²) >= 11 is 0. The van der Waals surface area contributed by atoms with Crippen molar-refractivity contribution in [2.45, 2.75) is 26.4 Å². The average molecular weight is 301 g/mol. The standard InChI is InChI=1S/C16H19N3O3/c1-3-19-10-13(9-17-19)15(20)18-14(11(2)16(21)22)12-7-5-4-6-8-12/h4-11,14H,3H2,1-2H3,(H,18,20)(H,21,22)/t11-,14-/m0/s1. The van der Waals surface area contributed by atoms with E-state index in [9.17, 15) is 14.7 Å². The van der Waals surface area contributed by atoms with Crippen molar-refractivity contribution in [2.24, 2.45) is 5.92 Å². The Morgan fingerprint density at radius 3 is 2.55 bits per heavy atom. The van der Waals surface area contributed by atoms with Gasteiger partial charge in [0.25, 0.3) is 5.91 Å². The van der Waals surface area contributed by atoms with Gasteiger partial charge in [-0.05, 0) is 19.4 Å². The highest BCUT2D eigenvalue weighted by atomic mass is 16.4. The molecule has 2 atom stereocenters. The van der Waals surface area contributed by atoms with Gasteiger partial charge in [-0.25, -0.2) is 0 Å². The first-order chi connectivity index (χ1) is 10.5. The van der Waals surface area contributed by atoms with Crippen LogP contribution in [0.1, 0.15) is 35.8 Å². The van der Waals surface area contributed by atoms with Crippen LogP contribution < -0.4 is 5.32 Å². The van der Waals surface area contributed by atoms with E-state index in [1.807, 2.05) is 25.1 Å². The van der Waals surface area contributed by atoms with Crippen LogP contribution in [0.25, 0.3) is 0 Å². The van der Waals surface area contributed by atoms with Gasteiger partial charge in [-0.15, -0.1) is 0 Å². The van der Waals surface area contributed by atoms with Crippen LogP contribution in [0, 0.1) is 5.92 Å². The molecule has 0 bridgehead atoms. The van der Waals surface area contributed by atoms with E-state index in [0.29, 0.717) is 12.1 Å². The molecule has 0 aliphatic heterocycles. The number of hydrogen-bond acceptors (Lipinski definition) is 3. The predicted octanol–water partition coefficient (Wildman–Crippen LogP) is 2.09. The molecule has 6 heteroatoms. The minimum Gasteiger partial charge on any atom is -0.481 e. The van der Waals surface area contributed by atoms with E-state index in [4.69, 9.17) is 0 Å². The number of aliphatic carboxylic acids is 1. The zero-order valence-corrected chi connectivity index (χ0v) is 12.6. The number of aryl methyl sites for hydroxylation is 1. The monoisotopic (exact) mass is 301 g/mol. The van der Waals surface area contributed by atoms with E-state index in [1.165, 1.54) is 6.20 Å². The van der Waals surface area contributed by atoms with E-state index in [0.717, 1.165) is 5.56 Å². The Balaban J connectivity index is 2.22. The molecule has 2 aromatic rings. The number of nitrogens with one attached hydrogen (secondary N) is 1. The molecule has 0 unspecified atom stereocenters. The zero-order valence-electron chi connectivity index (χ0n) is 12.6. The van der Waals surface area contributed by atoms with Crippen molar-refractivity contribution in [1.82, 2.24) is 15.1 Å². The fraction of sp³-hybridized carbons (Fsp3) is 0.312. The number of carbonyl (C=O) groups excluding carboxylic acids is 1. The molecular formula is C16H19N3O3. The van der Waals surface area contributed by atoms with Crippen molar-refractivity contribution in [3.63, 3.8) is 0 Å². The van der Waals surface area contributed by atoms with Crippen LogP contribution in [0.3, 0.4) is 0 Å². The van der Waals surface area contributed by atoms with Crippen molar-refractivity contribution >= 4 is 11.9 Å². The molecule has 116 valence electrons. The smallest absolute Gasteiger partial charge is 0.308 e. The van der Waals surface area contributed by atoms with E-state index >= 15 is 0 Å². The first-order valence-corrected chi connectivity index (χ1v) is 7.14. The van der Waals surface area contributed by atoms with Gasteiger partial charge in [0, 0.05) is 12.7 Å². The van der Waals surface area contributed by atoms with E-state index in [1.54, 1.807) is 29.9 Å². The topological polar surface area (TPSA) is 84.2 Å². The van der Waals surface area contributed by atoms with Crippen LogP contribution in [0.15, 0.2) is 42.7 Å². The molecule has 0 aliphatic carbocycles. The van der Waals surface area contributed by atoms with Crippen LogP contribution >= 0.6 is 0 Å². The van der Waals surface area contributed by atoms with Gasteiger partial charge >= 0.3 is 5.97 Å². The number of hydrogen-bond donors (Lipinski definition) is 2. The van der Waals surface area contributed by atoms with Gasteiger partial charge in [-0.2, -0.15) is 5.10 Å². The van der Waals surface area contributed by atoms with Gasteiger partial charge in [0.15, 0.2) is 0 Å². The molecule has 0 saturated heterocycles. The van der Waals surface area contributed by atoms with E-state index in [-0.39, 0.29) is 5.91 Å². The van der Waals surface area contributed by atoms with Crippen LogP contribution in [0.2, 0.25) is 0 Å². The summed E-state index contributed by atoms with van der Waals surface area (Å²) < 4.78 is 1.65. The lowest BCUT2D eigenvalue weighted by Gasteiger charge is -2.22. The number of carbonyl (C=O) groups is 2. The number of carboxylic acids is 1. The van der Waals surface area contributed by atoms with Gasteiger partial charge in [-0.1, -0.05) is 30.3 Å². The lowest BCUT2D eigenvalue weighted by atomic mass is 9.94. The van der Waals surface area contributed by atoms with Gasteiger partial charge < -0.3 is 10.4 Å². The highest BCUT2D eigenvalue weighted by Gasteiger charge is 2.27. The summed E-state index contributed by atoms with van der Waals surface area (Å²) in [5.41, 5.74) is 1.18. The Hall–Kier alpha value is -2.63. The quantitative estimate of drug-likeness (QED) is 0.855. The summed E-state index contributed by atoms with van der Waals surface area (Å²) in [4.78, 5) is 23.6. The number of nitrogens with zero attached hydrogens (tertiary/aromatic N) is 2. The second kappa shape index (κ2) is 6.89. The van der Waals surface area contributed by atoms with Crippen LogP contribution in [-0.2, 0) is 11.3 Å². The van der Waals surface area contributed by atoms with E-state index < -0.39 is 17.9 Å². The molecule has 0 saturated carbocycles. The summed E-state index contributed by atoms with van der Waals surface area (Å²) in [6, 6.07) is 8.49. The lowest BCUT2D eigenvalue weighted by Crippen LogP contribution is -2.35. The van der Waals surface area contributed by atoms with Gasteiger partial charge in [0.2, 0.25) is 0 Å². The number of rotatable bonds is 6. The molecule has 6 nitrogen and oxygen atoms in total. The fourth-order valence-corrected chi connectivity index (χ4v) is 2.18. The zero-order chi connectivity index (χ0) is 16.1. The maximum absolute atomic E-state index is 12.3. The van der Waals surface area contributed by atoms with Crippen LogP contribution in [0.4, 0.5) is 0 Å². The molecule has 1 heterocycles. The minimum absolute atomic E-state index is 0.332. The summed E-state index contributed by atoms with van der Waals surface area (Å²) in [6.45, 7) is 4.17. The van der Waals surface area contributed by atoms with Gasteiger partial charge in [0.05, 0.1) is 23.7 Å². The predicted molar refractivity (Wildman–Crippen MR) is 81.4 cm³/mol. The molecule has 2 N–H and O–H groups in total. The van der Waals surface area contributed by atoms with Crippen molar-refractivity contribution in [2.75, 3.05) is 0 Å². The Morgan fingerprint density at radius 1 is 1.32 bits per heavy atom. The second-order valence-corrected chi connectivity index (χ2v) is 5.07. The SMILES string of the molecule is CCn1cc(C(=O)N[C@H](c2ccccc2)[C@H](C)C(=O)O)cn1. The highest BCUT2D eigenvalue weighted by molar-refractivity contribution is 5.94. The number of carboxylic acid groups (broad SMARTS) is 1. The van der Waals surface area contributed by atoms with Crippen LogP contribution in [-0.4, -0.2) is 26.8 Å². The molecule has 1 amide bonds. The third-order valence-corrected chi connectivity index (χ3v) is 3.55. The van der Waals surface area contributed by atoms with Gasteiger partial charge in [-0.3, -0.25) is 14.3 Å². The Labute approximate surface area is 128 Å². The average Bonchev–Trinajstić information content (AvgIpc) is 3.01. The van der Waals surface area contributed by atoms with Crippen LogP contribution in [0.5, 0.6) is 0 Å². The summed E-state index contributed by atoms with van der Waals surface area (Å²) in [5.74, 6) is -2.03. The normalized spacial score (nSPS) is 13.4. The molecule has 1 aromatic carbocycles. The summed E-state index contributed by atoms with van der Waals surface area (Å²) in [7, 11) is 0. The molecule has 0 fully saturated rings. The molecule has 22 heavy (non-hydrogen) atoms. The second-order valence-electron chi connectivity index (χ2n) is 5.07. The Morgan fingerprint density at radius 2 is 2.00 bits per heavy atom.